The third-order valence-corrected chi connectivity index (χ3v) is 22.6. The van der Waals surface area contributed by atoms with E-state index < -0.39 is 16.9 Å². The molecule has 5 nitrogen and oxygen atoms in total. The number of carbonyl (C=O) groups excluding carboxylic acids is 3. The zero-order chi connectivity index (χ0) is 39.5. The van der Waals surface area contributed by atoms with E-state index in [4.69, 9.17) is 4.74 Å². The number of allylic oxidation sites excluding steroid dienone is 1. The summed E-state index contributed by atoms with van der Waals surface area (Å²) in [5.74, 6) is 1.50. The van der Waals surface area contributed by atoms with Crippen LogP contribution in [0.2, 0.25) is 0 Å². The van der Waals surface area contributed by atoms with Crippen LogP contribution >= 0.6 is 0 Å². The number of hydrogen-bond donors (Lipinski definition) is 1. The fraction of sp³-hybridized carbons (Fsp3) is 0.900. The number of ketones is 2. The van der Waals surface area contributed by atoms with Crippen LogP contribution < -0.4 is 0 Å². The quantitative estimate of drug-likeness (QED) is 0.213. The first-order valence-corrected chi connectivity index (χ1v) is 23.2. The largest absolute Gasteiger partial charge is 0.462 e. The normalized spacial score (nSPS) is 57.0. The van der Waals surface area contributed by atoms with E-state index in [0.29, 0.717) is 48.2 Å². The molecule has 0 aromatic carbocycles. The highest BCUT2D eigenvalue weighted by Gasteiger charge is 2.81. The van der Waals surface area contributed by atoms with Gasteiger partial charge in [-0.05, 0) is 151 Å². The maximum absolute atomic E-state index is 15.6. The fourth-order valence-electron chi connectivity index (χ4n) is 20.0. The van der Waals surface area contributed by atoms with Gasteiger partial charge in [-0.3, -0.25) is 14.4 Å². The molecule has 0 radical (unpaired) electrons. The lowest BCUT2D eigenvalue weighted by atomic mass is 9.31. The molecular formula is C50H74O5. The first-order valence-electron chi connectivity index (χ1n) is 23.2. The summed E-state index contributed by atoms with van der Waals surface area (Å²) in [7, 11) is 0. The van der Waals surface area contributed by atoms with Crippen LogP contribution in [0.25, 0.3) is 0 Å². The summed E-state index contributed by atoms with van der Waals surface area (Å²) in [6.45, 7) is 26.4. The predicted octanol–water partition coefficient (Wildman–Crippen LogP) is 10.7. The molecule has 0 aromatic rings. The highest BCUT2D eigenvalue weighted by atomic mass is 16.6. The minimum Gasteiger partial charge on any atom is -0.462 e. The van der Waals surface area contributed by atoms with Gasteiger partial charge in [-0.15, -0.1) is 0 Å². The average molecular weight is 755 g/mol. The van der Waals surface area contributed by atoms with Crippen molar-refractivity contribution in [1.29, 1.82) is 0 Å². The van der Waals surface area contributed by atoms with Gasteiger partial charge in [0, 0.05) is 23.7 Å². The summed E-state index contributed by atoms with van der Waals surface area (Å²) in [5.41, 5.74) is 0.598. The van der Waals surface area contributed by atoms with Crippen molar-refractivity contribution in [2.24, 2.45) is 96.6 Å². The van der Waals surface area contributed by atoms with Gasteiger partial charge < -0.3 is 9.84 Å². The summed E-state index contributed by atoms with van der Waals surface area (Å²) < 4.78 is 6.79. The molecule has 1 heterocycles. The van der Waals surface area contributed by atoms with Gasteiger partial charge >= 0.3 is 5.97 Å². The Morgan fingerprint density at radius 3 is 2.15 bits per heavy atom. The van der Waals surface area contributed by atoms with Gasteiger partial charge in [0.1, 0.15) is 17.5 Å². The number of carbonyl (C=O) groups is 3. The van der Waals surface area contributed by atoms with Crippen molar-refractivity contribution in [2.45, 2.75) is 184 Å². The zero-order valence-electron chi connectivity index (χ0n) is 36.5. The highest BCUT2D eigenvalue weighted by molar-refractivity contribution is 6.01. The molecule has 11 aliphatic rings. The molecule has 0 amide bonds. The number of hydrogen-bond acceptors (Lipinski definition) is 5. The summed E-state index contributed by atoms with van der Waals surface area (Å²) in [4.78, 5) is 44.2. The van der Waals surface area contributed by atoms with Crippen molar-refractivity contribution in [3.05, 3.63) is 11.1 Å². The van der Waals surface area contributed by atoms with E-state index in [9.17, 15) is 9.90 Å². The number of ether oxygens (including phenoxy) is 1. The Morgan fingerprint density at radius 2 is 1.44 bits per heavy atom. The Hall–Kier alpha value is -1.49. The lowest BCUT2D eigenvalue weighted by Gasteiger charge is -2.72. The van der Waals surface area contributed by atoms with Gasteiger partial charge in [-0.1, -0.05) is 93.7 Å². The van der Waals surface area contributed by atoms with Crippen molar-refractivity contribution in [3.63, 3.8) is 0 Å². The first kappa shape index (κ1) is 37.8. The van der Waals surface area contributed by atoms with E-state index in [2.05, 4.69) is 62.3 Å². The number of rotatable bonds is 1. The van der Waals surface area contributed by atoms with Crippen LogP contribution in [0.4, 0.5) is 0 Å². The molecule has 16 atom stereocenters. The number of fused-ring (bicyclic) bond motifs is 11. The lowest BCUT2D eigenvalue weighted by Crippen LogP contribution is -2.71. The molecule has 1 spiro atoms. The SMILES string of the molecule is CC(C)[C@]1(O)C(=O)[C@@H]2C3=C(CCC4C(C)(C)CCC[C@]34C)[C@H]1C[C@@]21C(=O)O[C@@H]2C[C@]3(C)CC[C@]4(C)[C@H](CC[C@@H]5[C@@]6(C)CCC(=O)C(C)(C)[C@@H]6CC[C@]54C)[C@H]3[C@@H]21. The van der Waals surface area contributed by atoms with E-state index in [1.165, 1.54) is 43.3 Å². The van der Waals surface area contributed by atoms with Crippen LogP contribution in [0.5, 0.6) is 0 Å². The van der Waals surface area contributed by atoms with Crippen molar-refractivity contribution in [3.8, 4) is 0 Å². The maximum atomic E-state index is 15.6. The Bertz CT molecular complexity index is 1800. The second-order valence-electron chi connectivity index (χ2n) is 25.0. The molecule has 7 saturated carbocycles. The number of aliphatic hydroxyl groups is 1. The van der Waals surface area contributed by atoms with E-state index >= 15 is 9.59 Å². The van der Waals surface area contributed by atoms with E-state index in [1.54, 1.807) is 0 Å². The Labute approximate surface area is 332 Å². The zero-order valence-corrected chi connectivity index (χ0v) is 36.5. The van der Waals surface area contributed by atoms with Crippen LogP contribution in [0.3, 0.4) is 0 Å². The lowest BCUT2D eigenvalue weighted by molar-refractivity contribution is -0.238. The molecular weight excluding hydrogens is 681 g/mol. The van der Waals surface area contributed by atoms with Crippen LogP contribution in [-0.4, -0.2) is 34.3 Å². The monoisotopic (exact) mass is 755 g/mol. The smallest absolute Gasteiger partial charge is 0.313 e. The van der Waals surface area contributed by atoms with Gasteiger partial charge in [-0.25, -0.2) is 0 Å². The molecule has 11 rings (SSSR count). The third-order valence-electron chi connectivity index (χ3n) is 22.6. The summed E-state index contributed by atoms with van der Waals surface area (Å²) in [6, 6.07) is 0. The minimum atomic E-state index is -1.43. The molecule has 304 valence electrons. The molecule has 1 unspecified atom stereocenters. The number of Topliss-reactive ketones (excluding diaryl/α,β-unsaturated/α-hetero) is 2. The van der Waals surface area contributed by atoms with E-state index in [1.807, 2.05) is 13.8 Å². The second kappa shape index (κ2) is 10.8. The molecule has 0 aromatic heterocycles. The third kappa shape index (κ3) is 4.02. The first-order chi connectivity index (χ1) is 25.5. The fourth-order valence-corrected chi connectivity index (χ4v) is 20.0. The van der Waals surface area contributed by atoms with Gasteiger partial charge in [0.05, 0.1) is 11.3 Å². The summed E-state index contributed by atoms with van der Waals surface area (Å²) >= 11 is 0. The molecule has 10 aliphatic carbocycles. The van der Waals surface area contributed by atoms with E-state index in [0.717, 1.165) is 51.4 Å². The number of esters is 1. The molecule has 1 aliphatic heterocycles. The topological polar surface area (TPSA) is 80.7 Å². The van der Waals surface area contributed by atoms with Gasteiger partial charge in [0.25, 0.3) is 0 Å². The standard InChI is InChI=1S/C50H74O5/c1-27(2)50(54)30-25-49(39(40(50)52)36-28(30)13-15-32-42(3,4)19-12-20-46(32,36)9)38-31(55-41(49)53)26-44(7)23-24-47(10)29(37(38)44)14-16-34-45(8)21-18-35(51)43(5,6)33(45)17-22-48(34,47)11/h27,29-34,37-39,54H,12-26H2,1-11H3/t29-,30-,31-,32?,33+,34-,37+,38-,39+,44+,45+,46+,47-,48-,49+,50-/m1/s1. The van der Waals surface area contributed by atoms with Crippen LogP contribution in [0.1, 0.15) is 172 Å². The van der Waals surface area contributed by atoms with Gasteiger partial charge in [0.15, 0.2) is 5.78 Å². The van der Waals surface area contributed by atoms with Crippen LogP contribution in [-0.2, 0) is 19.1 Å². The van der Waals surface area contributed by atoms with Crippen molar-refractivity contribution < 1.29 is 24.2 Å². The van der Waals surface area contributed by atoms with Crippen LogP contribution in [0, 0.1) is 96.6 Å². The Balaban J connectivity index is 1.11. The predicted molar refractivity (Wildman–Crippen MR) is 214 cm³/mol. The van der Waals surface area contributed by atoms with Gasteiger partial charge in [-0.2, -0.15) is 0 Å². The second-order valence-corrected chi connectivity index (χ2v) is 25.0. The van der Waals surface area contributed by atoms with Crippen LogP contribution in [0.15, 0.2) is 11.1 Å². The summed E-state index contributed by atoms with van der Waals surface area (Å²) in [6.07, 6.45) is 15.6. The molecule has 55 heavy (non-hydrogen) atoms. The average Bonchev–Trinajstić information content (AvgIpc) is 3.53. The Kier molecular flexibility index (Phi) is 7.42. The van der Waals surface area contributed by atoms with Crippen molar-refractivity contribution in [2.75, 3.05) is 0 Å². The van der Waals surface area contributed by atoms with E-state index in [-0.39, 0.29) is 73.5 Å². The summed E-state index contributed by atoms with van der Waals surface area (Å²) in [5, 5.41) is 12.8. The molecule has 8 fully saturated rings. The molecule has 1 saturated heterocycles. The highest BCUT2D eigenvalue weighted by Crippen LogP contribution is 2.81. The molecule has 5 heteroatoms. The van der Waals surface area contributed by atoms with Crippen molar-refractivity contribution in [1.82, 2.24) is 0 Å². The van der Waals surface area contributed by atoms with Gasteiger partial charge in [0.2, 0.25) is 0 Å². The molecule has 2 bridgehead atoms. The maximum Gasteiger partial charge on any atom is 0.313 e. The molecule has 1 N–H and O–H groups in total. The van der Waals surface area contributed by atoms with Crippen molar-refractivity contribution >= 4 is 17.5 Å². The minimum absolute atomic E-state index is 0.00993. The Morgan fingerprint density at radius 1 is 0.709 bits per heavy atom.